The number of likely N-dealkylation sites (tertiary alicyclic amines) is 1. The molecule has 2 N–H and O–H groups in total. The first-order valence-corrected chi connectivity index (χ1v) is 8.42. The van der Waals surface area contributed by atoms with Crippen LogP contribution in [0.25, 0.3) is 0 Å². The minimum absolute atomic E-state index is 0.155. The Morgan fingerprint density at radius 2 is 1.90 bits per heavy atom. The monoisotopic (exact) mass is 296 g/mol. The fraction of sp³-hybridized carbons (Fsp3) is 0.500. The maximum Gasteiger partial charge on any atom is 0.238 e. The molecule has 0 unspecified atom stereocenters. The lowest BCUT2D eigenvalue weighted by atomic mass is 10.1. The summed E-state index contributed by atoms with van der Waals surface area (Å²) in [5.74, 6) is -0.788. The fourth-order valence-electron chi connectivity index (χ4n) is 2.44. The quantitative estimate of drug-likeness (QED) is 0.854. The highest BCUT2D eigenvalue weighted by atomic mass is 32.2. The van der Waals surface area contributed by atoms with Crippen molar-refractivity contribution < 1.29 is 13.2 Å². The molecule has 1 amide bonds. The number of carbonyl (C=O) groups excluding carboxylic acids is 1. The van der Waals surface area contributed by atoms with Crippen molar-refractivity contribution in [2.45, 2.75) is 31.1 Å². The molecule has 0 saturated carbocycles. The van der Waals surface area contributed by atoms with Gasteiger partial charge in [0, 0.05) is 18.8 Å². The minimum atomic E-state index is -3.63. The molecular weight excluding hydrogens is 276 g/mol. The molecule has 1 aliphatic heterocycles. The Balaban J connectivity index is 2.18. The van der Waals surface area contributed by atoms with Crippen molar-refractivity contribution in [1.29, 1.82) is 0 Å². The summed E-state index contributed by atoms with van der Waals surface area (Å²) in [6.07, 6.45) is 3.00. The maximum atomic E-state index is 12.4. The number of amides is 1. The Morgan fingerprint density at radius 1 is 1.25 bits per heavy atom. The molecule has 0 aromatic heterocycles. The van der Waals surface area contributed by atoms with Crippen LogP contribution in [0, 0.1) is 6.92 Å². The predicted octanol–water partition coefficient (Wildman–Crippen LogP) is 1.36. The molecule has 0 bridgehead atoms. The summed E-state index contributed by atoms with van der Waals surface area (Å²) in [5.41, 5.74) is 6.67. The zero-order chi connectivity index (χ0) is 14.8. The van der Waals surface area contributed by atoms with Crippen LogP contribution in [0.4, 0.5) is 5.69 Å². The number of nitrogen functional groups attached to an aromatic ring is 1. The second kappa shape index (κ2) is 5.83. The van der Waals surface area contributed by atoms with Crippen LogP contribution in [0.2, 0.25) is 0 Å². The molecule has 20 heavy (non-hydrogen) atoms. The number of hydrogen-bond donors (Lipinski definition) is 1. The summed E-state index contributed by atoms with van der Waals surface area (Å²) >= 11 is 0. The smallest absolute Gasteiger partial charge is 0.238 e. The number of anilines is 1. The molecule has 1 aromatic carbocycles. The number of piperidine rings is 1. The number of sulfone groups is 1. The van der Waals surface area contributed by atoms with Gasteiger partial charge in [0.2, 0.25) is 5.91 Å². The van der Waals surface area contributed by atoms with E-state index in [1.165, 1.54) is 6.07 Å². The Hall–Kier alpha value is -1.56. The molecule has 0 atom stereocenters. The van der Waals surface area contributed by atoms with E-state index in [0.717, 1.165) is 19.3 Å². The van der Waals surface area contributed by atoms with Gasteiger partial charge < -0.3 is 10.6 Å². The van der Waals surface area contributed by atoms with Gasteiger partial charge in [-0.25, -0.2) is 8.42 Å². The van der Waals surface area contributed by atoms with E-state index < -0.39 is 15.6 Å². The number of hydrogen-bond acceptors (Lipinski definition) is 4. The summed E-state index contributed by atoms with van der Waals surface area (Å²) < 4.78 is 24.7. The van der Waals surface area contributed by atoms with Crippen molar-refractivity contribution in [1.82, 2.24) is 4.90 Å². The number of nitrogens with zero attached hydrogens (tertiary/aromatic N) is 1. The summed E-state index contributed by atoms with van der Waals surface area (Å²) in [6, 6.07) is 4.76. The second-order valence-electron chi connectivity index (χ2n) is 5.17. The molecule has 0 aliphatic carbocycles. The molecule has 1 saturated heterocycles. The van der Waals surface area contributed by atoms with Crippen molar-refractivity contribution in [3.8, 4) is 0 Å². The Kier molecular flexibility index (Phi) is 4.32. The van der Waals surface area contributed by atoms with Crippen LogP contribution in [0.5, 0.6) is 0 Å². The van der Waals surface area contributed by atoms with Crippen LogP contribution in [0.3, 0.4) is 0 Å². The van der Waals surface area contributed by atoms with Gasteiger partial charge in [-0.1, -0.05) is 6.07 Å². The molecule has 6 heteroatoms. The zero-order valence-corrected chi connectivity index (χ0v) is 12.4. The van der Waals surface area contributed by atoms with E-state index in [1.54, 1.807) is 24.0 Å². The number of rotatable bonds is 3. The van der Waals surface area contributed by atoms with Crippen LogP contribution in [0.1, 0.15) is 24.8 Å². The first-order chi connectivity index (χ1) is 9.42. The Labute approximate surface area is 119 Å². The molecule has 1 heterocycles. The molecule has 110 valence electrons. The third-order valence-corrected chi connectivity index (χ3v) is 5.42. The first kappa shape index (κ1) is 14.8. The average Bonchev–Trinajstić information content (AvgIpc) is 2.42. The second-order valence-corrected chi connectivity index (χ2v) is 7.13. The van der Waals surface area contributed by atoms with E-state index in [-0.39, 0.29) is 10.8 Å². The van der Waals surface area contributed by atoms with Gasteiger partial charge in [0.25, 0.3) is 0 Å². The van der Waals surface area contributed by atoms with Gasteiger partial charge in [-0.05, 0) is 43.9 Å². The first-order valence-electron chi connectivity index (χ1n) is 6.77. The molecule has 1 fully saturated rings. The summed E-state index contributed by atoms with van der Waals surface area (Å²) in [6.45, 7) is 2.97. The van der Waals surface area contributed by atoms with Gasteiger partial charge in [-0.15, -0.1) is 0 Å². The van der Waals surface area contributed by atoms with Crippen molar-refractivity contribution in [3.05, 3.63) is 23.8 Å². The highest BCUT2D eigenvalue weighted by molar-refractivity contribution is 7.92. The summed E-state index contributed by atoms with van der Waals surface area (Å²) in [5, 5.41) is 0. The standard InChI is InChI=1S/C14H20N2O3S/c1-11-12(15)6-5-7-13(11)20(18,19)10-14(17)16-8-3-2-4-9-16/h5-7H,2-4,8-10,15H2,1H3. The third kappa shape index (κ3) is 3.12. The molecule has 1 aliphatic rings. The van der Waals surface area contributed by atoms with Crippen LogP contribution in [-0.4, -0.2) is 38.1 Å². The van der Waals surface area contributed by atoms with E-state index in [4.69, 9.17) is 5.73 Å². The number of carbonyl (C=O) groups is 1. The lowest BCUT2D eigenvalue weighted by molar-refractivity contribution is -0.129. The topological polar surface area (TPSA) is 80.5 Å². The van der Waals surface area contributed by atoms with Crippen LogP contribution in [-0.2, 0) is 14.6 Å². The third-order valence-electron chi connectivity index (χ3n) is 3.68. The Morgan fingerprint density at radius 3 is 2.55 bits per heavy atom. The highest BCUT2D eigenvalue weighted by Crippen LogP contribution is 2.22. The van der Waals surface area contributed by atoms with E-state index >= 15 is 0 Å². The molecule has 5 nitrogen and oxygen atoms in total. The fourth-order valence-corrected chi connectivity index (χ4v) is 3.98. The highest BCUT2D eigenvalue weighted by Gasteiger charge is 2.26. The van der Waals surface area contributed by atoms with Gasteiger partial charge in [0.05, 0.1) is 4.90 Å². The lowest BCUT2D eigenvalue weighted by Crippen LogP contribution is -2.39. The number of benzene rings is 1. The van der Waals surface area contributed by atoms with Crippen molar-refractivity contribution in [3.63, 3.8) is 0 Å². The normalized spacial score (nSPS) is 16.1. The van der Waals surface area contributed by atoms with Gasteiger partial charge in [-0.3, -0.25) is 4.79 Å². The average molecular weight is 296 g/mol. The van der Waals surface area contributed by atoms with Gasteiger partial charge in [0.1, 0.15) is 5.75 Å². The van der Waals surface area contributed by atoms with E-state index in [9.17, 15) is 13.2 Å². The zero-order valence-electron chi connectivity index (χ0n) is 11.6. The predicted molar refractivity (Wildman–Crippen MR) is 78.1 cm³/mol. The van der Waals surface area contributed by atoms with Crippen molar-refractivity contribution >= 4 is 21.4 Å². The van der Waals surface area contributed by atoms with E-state index in [1.807, 2.05) is 0 Å². The largest absolute Gasteiger partial charge is 0.398 e. The molecular formula is C14H20N2O3S. The summed E-state index contributed by atoms with van der Waals surface area (Å²) in [7, 11) is -3.63. The van der Waals surface area contributed by atoms with Gasteiger partial charge in [-0.2, -0.15) is 0 Å². The molecule has 1 aromatic rings. The van der Waals surface area contributed by atoms with E-state index in [0.29, 0.717) is 24.3 Å². The van der Waals surface area contributed by atoms with Crippen LogP contribution >= 0.6 is 0 Å². The summed E-state index contributed by atoms with van der Waals surface area (Å²) in [4.78, 5) is 13.9. The van der Waals surface area contributed by atoms with E-state index in [2.05, 4.69) is 0 Å². The van der Waals surface area contributed by atoms with Crippen LogP contribution in [0.15, 0.2) is 23.1 Å². The van der Waals surface area contributed by atoms with Gasteiger partial charge >= 0.3 is 0 Å². The molecule has 0 radical (unpaired) electrons. The van der Waals surface area contributed by atoms with Crippen molar-refractivity contribution in [2.75, 3.05) is 24.6 Å². The molecule has 2 rings (SSSR count). The van der Waals surface area contributed by atoms with Crippen molar-refractivity contribution in [2.24, 2.45) is 0 Å². The minimum Gasteiger partial charge on any atom is -0.398 e. The van der Waals surface area contributed by atoms with Crippen LogP contribution < -0.4 is 5.73 Å². The lowest BCUT2D eigenvalue weighted by Gasteiger charge is -2.26. The molecule has 0 spiro atoms. The SMILES string of the molecule is Cc1c(N)cccc1S(=O)(=O)CC(=O)N1CCCCC1. The number of nitrogens with two attached hydrogens (primary N) is 1. The Bertz CT molecular complexity index is 605. The van der Waals surface area contributed by atoms with Gasteiger partial charge in [0.15, 0.2) is 9.84 Å². The maximum absolute atomic E-state index is 12.4.